The molecule has 1 heterocycles. The van der Waals surface area contributed by atoms with Crippen LogP contribution in [0.25, 0.3) is 10.8 Å². The van der Waals surface area contributed by atoms with E-state index >= 15 is 0 Å². The third-order valence-corrected chi connectivity index (χ3v) is 3.77. The molecule has 0 aliphatic rings. The number of hydrogen-bond donors (Lipinski definition) is 0. The van der Waals surface area contributed by atoms with Gasteiger partial charge in [0.05, 0.1) is 6.61 Å². The lowest BCUT2D eigenvalue weighted by Crippen LogP contribution is -1.97. The van der Waals surface area contributed by atoms with Gasteiger partial charge >= 0.3 is 0 Å². The fourth-order valence-electron chi connectivity index (χ4n) is 2.54. The highest BCUT2D eigenvalue weighted by atomic mass is 16.5. The van der Waals surface area contributed by atoms with E-state index in [-0.39, 0.29) is 0 Å². The summed E-state index contributed by atoms with van der Waals surface area (Å²) < 4.78 is 5.71. The molecule has 0 amide bonds. The fraction of sp³-hybridized carbons (Fsp3) is 0.250. The highest BCUT2D eigenvalue weighted by Gasteiger charge is 1.98. The lowest BCUT2D eigenvalue weighted by atomic mass is 10.1. The molecule has 0 saturated carbocycles. The monoisotopic (exact) mass is 291 g/mol. The van der Waals surface area contributed by atoms with Crippen LogP contribution in [-0.2, 0) is 17.8 Å². The van der Waals surface area contributed by atoms with Crippen LogP contribution in [0, 0.1) is 0 Å². The molecule has 0 radical (unpaired) electrons. The lowest BCUT2D eigenvalue weighted by molar-refractivity contribution is 0.117. The zero-order valence-electron chi connectivity index (χ0n) is 12.7. The Kier molecular flexibility index (Phi) is 5.17. The van der Waals surface area contributed by atoms with Gasteiger partial charge in [-0.2, -0.15) is 0 Å². The van der Waals surface area contributed by atoms with E-state index in [0.717, 1.165) is 25.9 Å². The van der Waals surface area contributed by atoms with Gasteiger partial charge in [-0.3, -0.25) is 4.98 Å². The van der Waals surface area contributed by atoms with Gasteiger partial charge in [-0.05, 0) is 36.3 Å². The molecule has 2 aromatic carbocycles. The molecule has 2 heteroatoms. The summed E-state index contributed by atoms with van der Waals surface area (Å²) in [6.45, 7) is 1.51. The van der Waals surface area contributed by atoms with Crippen LogP contribution in [0.5, 0.6) is 0 Å². The van der Waals surface area contributed by atoms with E-state index in [9.17, 15) is 0 Å². The van der Waals surface area contributed by atoms with Crippen LogP contribution >= 0.6 is 0 Å². The first kappa shape index (κ1) is 14.7. The van der Waals surface area contributed by atoms with Gasteiger partial charge in [0, 0.05) is 23.9 Å². The Bertz CT molecular complexity index is 709. The maximum absolute atomic E-state index is 5.71. The minimum absolute atomic E-state index is 0.703. The Labute approximate surface area is 131 Å². The van der Waals surface area contributed by atoms with Crippen LogP contribution in [0.15, 0.2) is 66.9 Å². The minimum Gasteiger partial charge on any atom is -0.377 e. The molecule has 2 nitrogen and oxygen atoms in total. The Morgan fingerprint density at radius 1 is 0.818 bits per heavy atom. The molecule has 0 saturated heterocycles. The minimum atomic E-state index is 0.703. The van der Waals surface area contributed by atoms with E-state index in [1.54, 1.807) is 0 Å². The van der Waals surface area contributed by atoms with Crippen molar-refractivity contribution in [3.8, 4) is 0 Å². The average Bonchev–Trinajstić information content (AvgIpc) is 2.59. The van der Waals surface area contributed by atoms with Gasteiger partial charge in [-0.15, -0.1) is 0 Å². The van der Waals surface area contributed by atoms with Crippen molar-refractivity contribution in [3.63, 3.8) is 0 Å². The molecule has 0 bridgehead atoms. The van der Waals surface area contributed by atoms with Crippen LogP contribution in [0.2, 0.25) is 0 Å². The topological polar surface area (TPSA) is 22.1 Å². The number of unbranched alkanes of at least 4 members (excludes halogenated alkanes) is 1. The molecule has 3 rings (SSSR count). The SMILES string of the molecule is c1ccc(COCCCCc2cc3ccccc3cn2)cc1. The van der Waals surface area contributed by atoms with Crippen molar-refractivity contribution in [1.82, 2.24) is 4.98 Å². The standard InChI is InChI=1S/C20H21NO/c1-2-8-17(9-3-1)16-22-13-7-6-12-20-14-18-10-4-5-11-19(18)15-21-20/h1-5,8-11,14-15H,6-7,12-13,16H2. The highest BCUT2D eigenvalue weighted by molar-refractivity contribution is 5.81. The van der Waals surface area contributed by atoms with E-state index in [1.165, 1.54) is 22.0 Å². The third-order valence-electron chi connectivity index (χ3n) is 3.77. The Morgan fingerprint density at radius 2 is 1.59 bits per heavy atom. The number of aromatic nitrogens is 1. The van der Waals surface area contributed by atoms with E-state index in [1.807, 2.05) is 30.5 Å². The first-order valence-corrected chi connectivity index (χ1v) is 7.87. The summed E-state index contributed by atoms with van der Waals surface area (Å²) in [5, 5.41) is 2.48. The van der Waals surface area contributed by atoms with Gasteiger partial charge in [0.15, 0.2) is 0 Å². The molecule has 0 N–H and O–H groups in total. The summed E-state index contributed by atoms with van der Waals surface area (Å²) in [5.74, 6) is 0. The third kappa shape index (κ3) is 4.15. The van der Waals surface area contributed by atoms with Gasteiger partial charge in [0.2, 0.25) is 0 Å². The molecule has 1 aromatic heterocycles. The van der Waals surface area contributed by atoms with Crippen LogP contribution in [0.1, 0.15) is 24.1 Å². The quantitative estimate of drug-likeness (QED) is 0.585. The van der Waals surface area contributed by atoms with Gasteiger partial charge in [-0.25, -0.2) is 0 Å². The van der Waals surface area contributed by atoms with E-state index in [2.05, 4.69) is 41.4 Å². The van der Waals surface area contributed by atoms with Crippen molar-refractivity contribution < 1.29 is 4.74 Å². The first-order chi connectivity index (χ1) is 10.9. The number of fused-ring (bicyclic) bond motifs is 1. The van der Waals surface area contributed by atoms with Crippen molar-refractivity contribution >= 4 is 10.8 Å². The maximum Gasteiger partial charge on any atom is 0.0716 e. The summed E-state index contributed by atoms with van der Waals surface area (Å²) in [4.78, 5) is 4.53. The van der Waals surface area contributed by atoms with E-state index in [0.29, 0.717) is 6.61 Å². The molecule has 112 valence electrons. The van der Waals surface area contributed by atoms with Crippen molar-refractivity contribution in [2.45, 2.75) is 25.9 Å². The lowest BCUT2D eigenvalue weighted by Gasteiger charge is -2.05. The van der Waals surface area contributed by atoms with Crippen molar-refractivity contribution in [2.24, 2.45) is 0 Å². The molecule has 0 spiro atoms. The number of ether oxygens (including phenoxy) is 1. The summed E-state index contributed by atoms with van der Waals surface area (Å²) in [6, 6.07) is 20.9. The normalized spacial score (nSPS) is 10.9. The second-order valence-corrected chi connectivity index (χ2v) is 5.52. The number of hydrogen-bond acceptors (Lipinski definition) is 2. The molecule has 0 aliphatic carbocycles. The zero-order chi connectivity index (χ0) is 15.0. The van der Waals surface area contributed by atoms with Gasteiger partial charge in [0.25, 0.3) is 0 Å². The van der Waals surface area contributed by atoms with Crippen LogP contribution in [0.3, 0.4) is 0 Å². The molecule has 0 fully saturated rings. The molecule has 0 aliphatic heterocycles. The number of aryl methyl sites for hydroxylation is 1. The Morgan fingerprint density at radius 3 is 2.45 bits per heavy atom. The molecule has 22 heavy (non-hydrogen) atoms. The largest absolute Gasteiger partial charge is 0.377 e. The number of rotatable bonds is 7. The van der Waals surface area contributed by atoms with Gasteiger partial charge < -0.3 is 4.74 Å². The maximum atomic E-state index is 5.71. The molecule has 3 aromatic rings. The molecular formula is C20H21NO. The fourth-order valence-corrected chi connectivity index (χ4v) is 2.54. The summed E-state index contributed by atoms with van der Waals surface area (Å²) >= 11 is 0. The Balaban J connectivity index is 1.39. The van der Waals surface area contributed by atoms with Crippen LogP contribution in [0.4, 0.5) is 0 Å². The highest BCUT2D eigenvalue weighted by Crippen LogP contribution is 2.14. The van der Waals surface area contributed by atoms with Crippen LogP contribution < -0.4 is 0 Å². The van der Waals surface area contributed by atoms with E-state index < -0.39 is 0 Å². The number of benzene rings is 2. The molecular weight excluding hydrogens is 270 g/mol. The smallest absolute Gasteiger partial charge is 0.0716 e. The second kappa shape index (κ2) is 7.71. The molecule has 0 atom stereocenters. The number of nitrogens with zero attached hydrogens (tertiary/aromatic N) is 1. The van der Waals surface area contributed by atoms with Crippen molar-refractivity contribution in [1.29, 1.82) is 0 Å². The van der Waals surface area contributed by atoms with Crippen LogP contribution in [-0.4, -0.2) is 11.6 Å². The Hall–Kier alpha value is -2.19. The van der Waals surface area contributed by atoms with E-state index in [4.69, 9.17) is 4.74 Å². The summed E-state index contributed by atoms with van der Waals surface area (Å²) in [7, 11) is 0. The average molecular weight is 291 g/mol. The van der Waals surface area contributed by atoms with Gasteiger partial charge in [-0.1, -0.05) is 54.6 Å². The predicted molar refractivity (Wildman–Crippen MR) is 90.8 cm³/mol. The van der Waals surface area contributed by atoms with Crippen molar-refractivity contribution in [2.75, 3.05) is 6.61 Å². The second-order valence-electron chi connectivity index (χ2n) is 5.52. The van der Waals surface area contributed by atoms with Crippen molar-refractivity contribution in [3.05, 3.63) is 78.1 Å². The summed E-state index contributed by atoms with van der Waals surface area (Å²) in [6.07, 6.45) is 5.16. The summed E-state index contributed by atoms with van der Waals surface area (Å²) in [5.41, 5.74) is 2.40. The predicted octanol–water partition coefficient (Wildman–Crippen LogP) is 4.77. The van der Waals surface area contributed by atoms with Gasteiger partial charge in [0.1, 0.15) is 0 Å². The molecule has 0 unspecified atom stereocenters. The first-order valence-electron chi connectivity index (χ1n) is 7.87. The zero-order valence-corrected chi connectivity index (χ0v) is 12.7. The number of pyridine rings is 1.